The first-order valence-corrected chi connectivity index (χ1v) is 6.21. The lowest BCUT2D eigenvalue weighted by Crippen LogP contribution is -2.35. The normalized spacial score (nSPS) is 10.7. The number of fused-ring (bicyclic) bond motifs is 1. The van der Waals surface area contributed by atoms with Crippen LogP contribution < -0.4 is 11.2 Å². The summed E-state index contributed by atoms with van der Waals surface area (Å²) in [4.78, 5) is 36.8. The Morgan fingerprint density at radius 3 is 2.78 bits per heavy atom. The van der Waals surface area contributed by atoms with Gasteiger partial charge in [-0.25, -0.2) is 4.79 Å². The first kappa shape index (κ1) is 12.8. The number of carboxylic acids is 1. The van der Waals surface area contributed by atoms with E-state index >= 15 is 0 Å². The van der Waals surface area contributed by atoms with Crippen LogP contribution in [0.25, 0.3) is 10.9 Å². The van der Waals surface area contributed by atoms with Gasteiger partial charge in [0.05, 0.1) is 17.3 Å². The Bertz CT molecular complexity index is 732. The molecule has 2 N–H and O–H groups in total. The van der Waals surface area contributed by atoms with Crippen molar-refractivity contribution < 1.29 is 9.90 Å². The fourth-order valence-corrected chi connectivity index (χ4v) is 2.12. The molecule has 94 valence electrons. The molecule has 0 unspecified atom stereocenters. The van der Waals surface area contributed by atoms with Gasteiger partial charge in [-0.1, -0.05) is 0 Å². The van der Waals surface area contributed by atoms with Gasteiger partial charge in [-0.15, -0.1) is 0 Å². The number of aliphatic carboxylic acids is 1. The maximum Gasteiger partial charge on any atom is 0.328 e. The van der Waals surface area contributed by atoms with E-state index in [-0.39, 0.29) is 13.0 Å². The van der Waals surface area contributed by atoms with Crippen LogP contribution in [0.5, 0.6) is 0 Å². The number of aromatic amines is 1. The van der Waals surface area contributed by atoms with Gasteiger partial charge in [-0.2, -0.15) is 0 Å². The van der Waals surface area contributed by atoms with E-state index in [2.05, 4.69) is 27.6 Å². The van der Waals surface area contributed by atoms with Gasteiger partial charge in [-0.3, -0.25) is 14.2 Å². The number of hydrogen-bond donors (Lipinski definition) is 2. The van der Waals surface area contributed by atoms with E-state index in [0.717, 1.165) is 8.14 Å². The molecule has 0 saturated heterocycles. The van der Waals surface area contributed by atoms with E-state index in [1.54, 1.807) is 18.2 Å². The Kier molecular flexibility index (Phi) is 3.50. The maximum atomic E-state index is 12.1. The minimum absolute atomic E-state index is 0.134. The summed E-state index contributed by atoms with van der Waals surface area (Å²) < 4.78 is 1.78. The van der Waals surface area contributed by atoms with Gasteiger partial charge < -0.3 is 10.1 Å². The number of nitrogens with one attached hydrogen (secondary N) is 1. The lowest BCUT2D eigenvalue weighted by Gasteiger charge is -2.05. The lowest BCUT2D eigenvalue weighted by atomic mass is 10.2. The Morgan fingerprint density at radius 1 is 1.39 bits per heavy atom. The number of benzene rings is 1. The van der Waals surface area contributed by atoms with Crippen molar-refractivity contribution in [3.63, 3.8) is 0 Å². The monoisotopic (exact) mass is 360 g/mol. The molecule has 1 aromatic heterocycles. The summed E-state index contributed by atoms with van der Waals surface area (Å²) in [5.74, 6) is -1.05. The molecule has 0 aliphatic carbocycles. The summed E-state index contributed by atoms with van der Waals surface area (Å²) in [5, 5.41) is 8.97. The summed E-state index contributed by atoms with van der Waals surface area (Å²) in [6, 6.07) is 5.09. The smallest absolute Gasteiger partial charge is 0.328 e. The van der Waals surface area contributed by atoms with Crippen LogP contribution in [-0.2, 0) is 11.3 Å². The minimum atomic E-state index is -1.05. The molecule has 1 aromatic carbocycles. The summed E-state index contributed by atoms with van der Waals surface area (Å²) in [7, 11) is 0. The van der Waals surface area contributed by atoms with Crippen molar-refractivity contribution in [3.05, 3.63) is 42.6 Å². The number of carbonyl (C=O) groups is 1. The number of rotatable bonds is 3. The molecule has 0 amide bonds. The lowest BCUT2D eigenvalue weighted by molar-refractivity contribution is -0.137. The molecule has 0 spiro atoms. The van der Waals surface area contributed by atoms with Crippen LogP contribution in [-0.4, -0.2) is 20.6 Å². The van der Waals surface area contributed by atoms with E-state index in [9.17, 15) is 14.4 Å². The molecule has 7 heteroatoms. The Hall–Kier alpha value is -1.64. The van der Waals surface area contributed by atoms with E-state index in [0.29, 0.717) is 10.9 Å². The highest BCUT2D eigenvalue weighted by Crippen LogP contribution is 2.10. The van der Waals surface area contributed by atoms with Gasteiger partial charge >= 0.3 is 11.7 Å². The van der Waals surface area contributed by atoms with Gasteiger partial charge in [0.25, 0.3) is 5.56 Å². The molecule has 0 radical (unpaired) electrons. The predicted molar refractivity (Wildman–Crippen MR) is 73.8 cm³/mol. The molecule has 0 bridgehead atoms. The molecule has 0 aliphatic rings. The zero-order chi connectivity index (χ0) is 13.3. The molecule has 0 atom stereocenters. The number of carboxylic acid groups (broad SMARTS) is 1. The van der Waals surface area contributed by atoms with Gasteiger partial charge in [0.1, 0.15) is 0 Å². The zero-order valence-corrected chi connectivity index (χ0v) is 11.3. The summed E-state index contributed by atoms with van der Waals surface area (Å²) in [6.07, 6.45) is -0.265. The molecule has 2 rings (SSSR count). The third-order valence-electron chi connectivity index (χ3n) is 2.49. The standard InChI is InChI=1S/C11H9IN2O4/c12-6-1-2-8-7(5-6)10(17)14(11(18)13-8)4-3-9(15)16/h1-2,5H,3-4H2,(H,13,18)(H,15,16). The number of halogens is 1. The highest BCUT2D eigenvalue weighted by atomic mass is 127. The number of H-pyrrole nitrogens is 1. The minimum Gasteiger partial charge on any atom is -0.481 e. The quantitative estimate of drug-likeness (QED) is 0.791. The molecule has 0 fully saturated rings. The third-order valence-corrected chi connectivity index (χ3v) is 3.16. The second-order valence-corrected chi connectivity index (χ2v) is 4.97. The van der Waals surface area contributed by atoms with Crippen LogP contribution in [0.15, 0.2) is 27.8 Å². The largest absolute Gasteiger partial charge is 0.481 e. The molecule has 2 aromatic rings. The van der Waals surface area contributed by atoms with Gasteiger partial charge in [0, 0.05) is 10.1 Å². The van der Waals surface area contributed by atoms with E-state index in [1.165, 1.54) is 0 Å². The van der Waals surface area contributed by atoms with Crippen LogP contribution in [0, 0.1) is 3.57 Å². The fourth-order valence-electron chi connectivity index (χ4n) is 1.63. The predicted octanol–water partition coefficient (Wildman–Crippen LogP) is 0.769. The molecule has 1 heterocycles. The van der Waals surface area contributed by atoms with Gasteiger partial charge in [-0.05, 0) is 40.8 Å². The van der Waals surface area contributed by atoms with Crippen molar-refractivity contribution in [2.45, 2.75) is 13.0 Å². The van der Waals surface area contributed by atoms with Crippen molar-refractivity contribution in [2.24, 2.45) is 0 Å². The Labute approximate surface area is 114 Å². The van der Waals surface area contributed by atoms with Crippen LogP contribution in [0.4, 0.5) is 0 Å². The van der Waals surface area contributed by atoms with E-state index in [1.807, 2.05) is 0 Å². The van der Waals surface area contributed by atoms with Crippen molar-refractivity contribution >= 4 is 39.5 Å². The average Bonchev–Trinajstić information content (AvgIpc) is 2.30. The first-order valence-electron chi connectivity index (χ1n) is 5.13. The fraction of sp³-hybridized carbons (Fsp3) is 0.182. The maximum absolute atomic E-state index is 12.1. The summed E-state index contributed by atoms with van der Waals surface area (Å²) in [6.45, 7) is -0.134. The van der Waals surface area contributed by atoms with E-state index in [4.69, 9.17) is 5.11 Å². The summed E-state index contributed by atoms with van der Waals surface area (Å²) in [5.41, 5.74) is -0.597. The van der Waals surface area contributed by atoms with Crippen LogP contribution in [0.3, 0.4) is 0 Å². The number of aromatic nitrogens is 2. The molecule has 0 saturated carbocycles. The second-order valence-electron chi connectivity index (χ2n) is 3.72. The Morgan fingerprint density at radius 2 is 2.11 bits per heavy atom. The Balaban J connectivity index is 2.64. The third kappa shape index (κ3) is 2.45. The molecular weight excluding hydrogens is 351 g/mol. The summed E-state index contributed by atoms with van der Waals surface area (Å²) >= 11 is 2.06. The van der Waals surface area contributed by atoms with Crippen molar-refractivity contribution in [2.75, 3.05) is 0 Å². The average molecular weight is 360 g/mol. The van der Waals surface area contributed by atoms with Crippen LogP contribution in [0.2, 0.25) is 0 Å². The highest BCUT2D eigenvalue weighted by molar-refractivity contribution is 14.1. The zero-order valence-electron chi connectivity index (χ0n) is 9.14. The number of hydrogen-bond acceptors (Lipinski definition) is 3. The highest BCUT2D eigenvalue weighted by Gasteiger charge is 2.09. The number of nitrogens with zero attached hydrogens (tertiary/aromatic N) is 1. The van der Waals surface area contributed by atoms with Crippen LogP contribution in [0.1, 0.15) is 6.42 Å². The van der Waals surface area contributed by atoms with Crippen molar-refractivity contribution in [1.29, 1.82) is 0 Å². The SMILES string of the molecule is O=C(O)CCn1c(=O)[nH]c2ccc(I)cc2c1=O. The van der Waals surface area contributed by atoms with Crippen molar-refractivity contribution in [3.8, 4) is 0 Å². The van der Waals surface area contributed by atoms with Gasteiger partial charge in [0.2, 0.25) is 0 Å². The first-order chi connectivity index (χ1) is 8.49. The second kappa shape index (κ2) is 4.92. The topological polar surface area (TPSA) is 92.2 Å². The van der Waals surface area contributed by atoms with Gasteiger partial charge in [0.15, 0.2) is 0 Å². The van der Waals surface area contributed by atoms with E-state index < -0.39 is 17.2 Å². The molecule has 18 heavy (non-hydrogen) atoms. The molecular formula is C11H9IN2O4. The molecule has 0 aliphatic heterocycles. The molecule has 6 nitrogen and oxygen atoms in total. The van der Waals surface area contributed by atoms with Crippen molar-refractivity contribution in [1.82, 2.24) is 9.55 Å². The van der Waals surface area contributed by atoms with Crippen LogP contribution >= 0.6 is 22.6 Å².